The fourth-order valence-electron chi connectivity index (χ4n) is 4.49. The van der Waals surface area contributed by atoms with Crippen LogP contribution in [0.1, 0.15) is 40.4 Å². The Labute approximate surface area is 195 Å². The maximum absolute atomic E-state index is 13.2. The van der Waals surface area contributed by atoms with Gasteiger partial charge in [0, 0.05) is 47.4 Å². The van der Waals surface area contributed by atoms with Crippen LogP contribution in [0.5, 0.6) is 0 Å². The van der Waals surface area contributed by atoms with Crippen molar-refractivity contribution in [2.24, 2.45) is 0 Å². The summed E-state index contributed by atoms with van der Waals surface area (Å²) in [6.45, 7) is 1.18. The molecule has 1 aliphatic heterocycles. The molecule has 34 heavy (non-hydrogen) atoms. The number of nitrogens with zero attached hydrogens (tertiary/aromatic N) is 3. The van der Waals surface area contributed by atoms with Crippen molar-refractivity contribution >= 4 is 16.8 Å². The van der Waals surface area contributed by atoms with Gasteiger partial charge in [0.1, 0.15) is 0 Å². The van der Waals surface area contributed by atoms with Crippen LogP contribution in [0.3, 0.4) is 0 Å². The van der Waals surface area contributed by atoms with Crippen LogP contribution in [-0.4, -0.2) is 33.9 Å². The molecule has 4 aromatic rings. The molecule has 5 rings (SSSR count). The van der Waals surface area contributed by atoms with Gasteiger partial charge < -0.3 is 4.90 Å². The van der Waals surface area contributed by atoms with Gasteiger partial charge in [0.25, 0.3) is 5.91 Å². The average Bonchev–Trinajstić information content (AvgIpc) is 2.88. The molecule has 2 aromatic carbocycles. The maximum atomic E-state index is 13.2. The van der Waals surface area contributed by atoms with Gasteiger partial charge in [-0.05, 0) is 61.4 Å². The number of carbonyl (C=O) groups excluding carboxylic acids is 1. The van der Waals surface area contributed by atoms with Gasteiger partial charge in [0.2, 0.25) is 0 Å². The Hall–Kier alpha value is -3.74. The van der Waals surface area contributed by atoms with Crippen molar-refractivity contribution in [3.8, 4) is 11.3 Å². The number of benzene rings is 2. The average molecular weight is 461 g/mol. The third-order valence-electron chi connectivity index (χ3n) is 6.23. The van der Waals surface area contributed by atoms with E-state index in [1.165, 1.54) is 6.07 Å². The molecule has 4 nitrogen and oxygen atoms in total. The number of hydrogen-bond acceptors (Lipinski definition) is 3. The first-order valence-electron chi connectivity index (χ1n) is 11.2. The predicted molar refractivity (Wildman–Crippen MR) is 124 cm³/mol. The van der Waals surface area contributed by atoms with E-state index in [-0.39, 0.29) is 11.8 Å². The van der Waals surface area contributed by atoms with Crippen LogP contribution in [0.4, 0.5) is 13.2 Å². The fraction of sp³-hybridized carbons (Fsp3) is 0.222. The van der Waals surface area contributed by atoms with Crippen LogP contribution >= 0.6 is 0 Å². The topological polar surface area (TPSA) is 46.1 Å². The Morgan fingerprint density at radius 3 is 2.68 bits per heavy atom. The van der Waals surface area contributed by atoms with Gasteiger partial charge in [0.15, 0.2) is 0 Å². The third kappa shape index (κ3) is 4.51. The van der Waals surface area contributed by atoms with Crippen molar-refractivity contribution in [2.75, 3.05) is 13.1 Å². The number of likely N-dealkylation sites (tertiary alicyclic amines) is 1. The SMILES string of the molecule is O=C(c1ccc2ncccc2c1)N1CCC[C@@H](c2cccc(-c3cccc(C(F)(F)F)c3)n2)C1. The highest BCUT2D eigenvalue weighted by atomic mass is 19.4. The quantitative estimate of drug-likeness (QED) is 0.358. The number of hydrogen-bond donors (Lipinski definition) is 0. The zero-order valence-electron chi connectivity index (χ0n) is 18.3. The van der Waals surface area contributed by atoms with E-state index in [1.54, 1.807) is 24.4 Å². The lowest BCUT2D eigenvalue weighted by Gasteiger charge is -2.32. The lowest BCUT2D eigenvalue weighted by atomic mass is 9.93. The van der Waals surface area contributed by atoms with Crippen LogP contribution in [0.25, 0.3) is 22.2 Å². The second kappa shape index (κ2) is 8.89. The van der Waals surface area contributed by atoms with E-state index in [4.69, 9.17) is 0 Å². The molecule has 0 saturated carbocycles. The first-order chi connectivity index (χ1) is 16.4. The summed E-state index contributed by atoms with van der Waals surface area (Å²) in [5, 5.41) is 0.914. The third-order valence-corrected chi connectivity index (χ3v) is 6.23. The minimum absolute atomic E-state index is 0.0190. The molecule has 0 unspecified atom stereocenters. The van der Waals surface area contributed by atoms with Crippen molar-refractivity contribution in [2.45, 2.75) is 24.9 Å². The summed E-state index contributed by atoms with van der Waals surface area (Å²) in [6.07, 6.45) is -0.984. The molecule has 0 radical (unpaired) electrons. The van der Waals surface area contributed by atoms with Gasteiger partial charge in [-0.25, -0.2) is 0 Å². The number of piperidine rings is 1. The standard InChI is InChI=1S/C27H22F3N3O/c28-27(29,30)22-8-1-5-19(16-22)24-9-2-10-25(32-24)21-7-4-14-33(17-21)26(34)20-11-12-23-18(15-20)6-3-13-31-23/h1-3,5-6,8-13,15-16,21H,4,7,14,17H2/t21-/m1/s1. The summed E-state index contributed by atoms with van der Waals surface area (Å²) in [6, 6.07) is 19.9. The molecule has 1 amide bonds. The molecule has 7 heteroatoms. The number of amides is 1. The molecular formula is C27H22F3N3O. The van der Waals surface area contributed by atoms with E-state index in [0.717, 1.165) is 41.6 Å². The van der Waals surface area contributed by atoms with Crippen molar-refractivity contribution in [3.05, 3.63) is 95.8 Å². The lowest BCUT2D eigenvalue weighted by Crippen LogP contribution is -2.39. The minimum Gasteiger partial charge on any atom is -0.338 e. The Kier molecular flexibility index (Phi) is 5.77. The molecular weight excluding hydrogens is 439 g/mol. The highest BCUT2D eigenvalue weighted by molar-refractivity contribution is 5.98. The highest BCUT2D eigenvalue weighted by Crippen LogP contribution is 2.33. The Bertz CT molecular complexity index is 1350. The summed E-state index contributed by atoms with van der Waals surface area (Å²) in [4.78, 5) is 24.0. The number of halogens is 3. The normalized spacial score (nSPS) is 16.6. The lowest BCUT2D eigenvalue weighted by molar-refractivity contribution is -0.137. The zero-order valence-corrected chi connectivity index (χ0v) is 18.3. The van der Waals surface area contributed by atoms with E-state index in [9.17, 15) is 18.0 Å². The van der Waals surface area contributed by atoms with Crippen molar-refractivity contribution in [1.29, 1.82) is 0 Å². The van der Waals surface area contributed by atoms with Crippen LogP contribution in [-0.2, 0) is 6.18 Å². The molecule has 0 aliphatic carbocycles. The van der Waals surface area contributed by atoms with E-state index < -0.39 is 11.7 Å². The van der Waals surface area contributed by atoms with Gasteiger partial charge in [-0.15, -0.1) is 0 Å². The molecule has 1 saturated heterocycles. The highest BCUT2D eigenvalue weighted by Gasteiger charge is 2.31. The van der Waals surface area contributed by atoms with Gasteiger partial charge >= 0.3 is 6.18 Å². The Morgan fingerprint density at radius 2 is 1.82 bits per heavy atom. The molecule has 172 valence electrons. The fourth-order valence-corrected chi connectivity index (χ4v) is 4.49. The monoisotopic (exact) mass is 461 g/mol. The molecule has 0 bridgehead atoms. The van der Waals surface area contributed by atoms with Gasteiger partial charge in [-0.1, -0.05) is 24.3 Å². The number of alkyl halides is 3. The summed E-state index contributed by atoms with van der Waals surface area (Å²) in [5.74, 6) is -0.0185. The molecule has 1 atom stereocenters. The molecule has 1 fully saturated rings. The summed E-state index contributed by atoms with van der Waals surface area (Å²) >= 11 is 0. The number of carbonyl (C=O) groups is 1. The smallest absolute Gasteiger partial charge is 0.338 e. The Balaban J connectivity index is 1.37. The van der Waals surface area contributed by atoms with E-state index in [2.05, 4.69) is 9.97 Å². The number of fused-ring (bicyclic) bond motifs is 1. The van der Waals surface area contributed by atoms with E-state index in [0.29, 0.717) is 29.9 Å². The van der Waals surface area contributed by atoms with Crippen molar-refractivity contribution in [1.82, 2.24) is 14.9 Å². The van der Waals surface area contributed by atoms with Crippen molar-refractivity contribution in [3.63, 3.8) is 0 Å². The molecule has 0 N–H and O–H groups in total. The first-order valence-corrected chi connectivity index (χ1v) is 11.2. The summed E-state index contributed by atoms with van der Waals surface area (Å²) < 4.78 is 39.4. The second-order valence-corrected chi connectivity index (χ2v) is 8.53. The molecule has 0 spiro atoms. The second-order valence-electron chi connectivity index (χ2n) is 8.53. The minimum atomic E-state index is -4.41. The molecule has 2 aromatic heterocycles. The summed E-state index contributed by atoms with van der Waals surface area (Å²) in [7, 11) is 0. The maximum Gasteiger partial charge on any atom is 0.416 e. The van der Waals surface area contributed by atoms with Gasteiger partial charge in [-0.3, -0.25) is 14.8 Å². The number of aromatic nitrogens is 2. The van der Waals surface area contributed by atoms with Crippen LogP contribution < -0.4 is 0 Å². The van der Waals surface area contributed by atoms with Crippen LogP contribution in [0.15, 0.2) is 79.0 Å². The van der Waals surface area contributed by atoms with Crippen LogP contribution in [0, 0.1) is 0 Å². The van der Waals surface area contributed by atoms with Gasteiger partial charge in [0.05, 0.1) is 16.8 Å². The first kappa shape index (κ1) is 22.1. The molecule has 3 heterocycles. The largest absolute Gasteiger partial charge is 0.416 e. The van der Waals surface area contributed by atoms with Gasteiger partial charge in [-0.2, -0.15) is 13.2 Å². The predicted octanol–water partition coefficient (Wildman–Crippen LogP) is 6.34. The zero-order chi connectivity index (χ0) is 23.7. The van der Waals surface area contributed by atoms with E-state index in [1.807, 2.05) is 41.3 Å². The Morgan fingerprint density at radius 1 is 0.971 bits per heavy atom. The molecule has 1 aliphatic rings. The number of pyridine rings is 2. The van der Waals surface area contributed by atoms with Crippen molar-refractivity contribution < 1.29 is 18.0 Å². The number of rotatable bonds is 3. The van der Waals surface area contributed by atoms with E-state index >= 15 is 0 Å². The summed E-state index contributed by atoms with van der Waals surface area (Å²) in [5.41, 5.74) is 2.46. The van der Waals surface area contributed by atoms with Crippen LogP contribution in [0.2, 0.25) is 0 Å².